The Labute approximate surface area is 162 Å². The molecule has 1 amide bonds. The maximum atomic E-state index is 12.3. The fourth-order valence-corrected chi connectivity index (χ4v) is 2.84. The molecule has 0 saturated carbocycles. The van der Waals surface area contributed by atoms with Crippen molar-refractivity contribution in [1.29, 1.82) is 0 Å². The van der Waals surface area contributed by atoms with Crippen LogP contribution in [0.2, 0.25) is 0 Å². The fraction of sp³-hybridized carbons (Fsp3) is 0.409. The van der Waals surface area contributed by atoms with Gasteiger partial charge in [0.05, 0.1) is 20.8 Å². The molecular weight excluding hydrogens is 340 g/mol. The van der Waals surface area contributed by atoms with Crippen molar-refractivity contribution in [1.82, 2.24) is 4.90 Å². The van der Waals surface area contributed by atoms with Crippen LogP contribution in [0, 0.1) is 0 Å². The fourth-order valence-electron chi connectivity index (χ4n) is 2.84. The highest BCUT2D eigenvalue weighted by Gasteiger charge is 2.14. The number of likely N-dealkylation sites (N-methyl/N-ethyl adjacent to an activating group) is 1. The molecule has 2 aromatic carbocycles. The largest absolute Gasteiger partial charge is 0.493 e. The van der Waals surface area contributed by atoms with Crippen LogP contribution in [-0.4, -0.2) is 38.6 Å². The number of hydrogen-bond acceptors (Lipinski definition) is 4. The molecule has 5 heteroatoms. The van der Waals surface area contributed by atoms with Crippen molar-refractivity contribution < 1.29 is 14.3 Å². The minimum Gasteiger partial charge on any atom is -0.493 e. The van der Waals surface area contributed by atoms with E-state index in [2.05, 4.69) is 50.4 Å². The summed E-state index contributed by atoms with van der Waals surface area (Å²) in [6.45, 7) is 7.62. The Morgan fingerprint density at radius 3 is 2.19 bits per heavy atom. The van der Waals surface area contributed by atoms with Gasteiger partial charge in [0.15, 0.2) is 11.5 Å². The Morgan fingerprint density at radius 1 is 1.00 bits per heavy atom. The molecule has 27 heavy (non-hydrogen) atoms. The van der Waals surface area contributed by atoms with Crippen LogP contribution in [0.1, 0.15) is 31.9 Å². The quantitative estimate of drug-likeness (QED) is 0.798. The third-order valence-corrected chi connectivity index (χ3v) is 4.35. The van der Waals surface area contributed by atoms with E-state index in [1.54, 1.807) is 32.4 Å². The number of methoxy groups -OCH3 is 2. The van der Waals surface area contributed by atoms with Gasteiger partial charge in [-0.3, -0.25) is 9.69 Å². The lowest BCUT2D eigenvalue weighted by Crippen LogP contribution is -2.29. The number of amides is 1. The second kappa shape index (κ2) is 8.91. The summed E-state index contributed by atoms with van der Waals surface area (Å²) in [5.74, 6) is 1.14. The van der Waals surface area contributed by atoms with Gasteiger partial charge in [-0.2, -0.15) is 0 Å². The van der Waals surface area contributed by atoms with Crippen LogP contribution < -0.4 is 14.8 Å². The van der Waals surface area contributed by atoms with Crippen LogP contribution in [0.3, 0.4) is 0 Å². The molecule has 0 aliphatic heterocycles. The molecule has 0 spiro atoms. The number of carbonyl (C=O) groups excluding carboxylic acids is 1. The van der Waals surface area contributed by atoms with Crippen LogP contribution in [0.4, 0.5) is 5.69 Å². The standard InChI is InChI=1S/C22H30N2O3/c1-22(2,3)17-9-7-16(8-10-17)14-24(4)15-21(25)23-18-11-12-19(26-5)20(13-18)27-6/h7-13H,14-15H2,1-6H3,(H,23,25). The van der Waals surface area contributed by atoms with Crippen LogP contribution in [-0.2, 0) is 16.8 Å². The van der Waals surface area contributed by atoms with Crippen molar-refractivity contribution in [2.24, 2.45) is 0 Å². The number of rotatable bonds is 7. The first-order chi connectivity index (χ1) is 12.7. The van der Waals surface area contributed by atoms with Gasteiger partial charge in [-0.15, -0.1) is 0 Å². The minimum atomic E-state index is -0.0731. The molecule has 0 radical (unpaired) electrons. The first kappa shape index (κ1) is 20.8. The Hall–Kier alpha value is -2.53. The molecule has 146 valence electrons. The van der Waals surface area contributed by atoms with E-state index in [0.29, 0.717) is 30.3 Å². The highest BCUT2D eigenvalue weighted by Crippen LogP contribution is 2.29. The van der Waals surface area contributed by atoms with Gasteiger partial charge >= 0.3 is 0 Å². The summed E-state index contributed by atoms with van der Waals surface area (Å²) in [5.41, 5.74) is 3.31. The van der Waals surface area contributed by atoms with Gasteiger partial charge < -0.3 is 14.8 Å². The second-order valence-corrected chi connectivity index (χ2v) is 7.74. The van der Waals surface area contributed by atoms with Crippen molar-refractivity contribution >= 4 is 11.6 Å². The third-order valence-electron chi connectivity index (χ3n) is 4.35. The highest BCUT2D eigenvalue weighted by molar-refractivity contribution is 5.92. The van der Waals surface area contributed by atoms with Gasteiger partial charge in [0, 0.05) is 18.3 Å². The van der Waals surface area contributed by atoms with Crippen LogP contribution in [0.25, 0.3) is 0 Å². The monoisotopic (exact) mass is 370 g/mol. The average molecular weight is 370 g/mol. The highest BCUT2D eigenvalue weighted by atomic mass is 16.5. The van der Waals surface area contributed by atoms with Crippen molar-refractivity contribution in [2.45, 2.75) is 32.7 Å². The maximum Gasteiger partial charge on any atom is 0.238 e. The predicted octanol–water partition coefficient (Wildman–Crippen LogP) is 4.07. The lowest BCUT2D eigenvalue weighted by Gasteiger charge is -2.20. The first-order valence-electron chi connectivity index (χ1n) is 9.03. The molecule has 0 atom stereocenters. The average Bonchev–Trinajstić information content (AvgIpc) is 2.61. The van der Waals surface area contributed by atoms with E-state index in [4.69, 9.17) is 9.47 Å². The normalized spacial score (nSPS) is 11.4. The zero-order valence-electron chi connectivity index (χ0n) is 17.1. The summed E-state index contributed by atoms with van der Waals surface area (Å²) < 4.78 is 10.5. The summed E-state index contributed by atoms with van der Waals surface area (Å²) in [4.78, 5) is 14.3. The molecule has 0 heterocycles. The molecule has 0 unspecified atom stereocenters. The molecule has 2 rings (SSSR count). The van der Waals surface area contributed by atoms with Crippen molar-refractivity contribution in [3.8, 4) is 11.5 Å². The van der Waals surface area contributed by atoms with Crippen molar-refractivity contribution in [2.75, 3.05) is 33.1 Å². The van der Waals surface area contributed by atoms with Gasteiger partial charge in [0.25, 0.3) is 0 Å². The van der Waals surface area contributed by atoms with Gasteiger partial charge in [0.1, 0.15) is 0 Å². The van der Waals surface area contributed by atoms with E-state index in [-0.39, 0.29) is 11.3 Å². The smallest absolute Gasteiger partial charge is 0.238 e. The summed E-state index contributed by atoms with van der Waals surface area (Å²) in [7, 11) is 5.09. The van der Waals surface area contributed by atoms with Crippen LogP contribution >= 0.6 is 0 Å². The minimum absolute atomic E-state index is 0.0731. The van der Waals surface area contributed by atoms with Gasteiger partial charge in [-0.25, -0.2) is 0 Å². The maximum absolute atomic E-state index is 12.3. The van der Waals surface area contributed by atoms with E-state index in [9.17, 15) is 4.79 Å². The van der Waals surface area contributed by atoms with Gasteiger partial charge in [-0.05, 0) is 35.7 Å². The molecule has 0 aliphatic rings. The number of nitrogens with zero attached hydrogens (tertiary/aromatic N) is 1. The van der Waals surface area contributed by atoms with E-state index in [1.165, 1.54) is 11.1 Å². The molecule has 5 nitrogen and oxygen atoms in total. The van der Waals surface area contributed by atoms with Gasteiger partial charge in [0.2, 0.25) is 5.91 Å². The number of anilines is 1. The summed E-state index contributed by atoms with van der Waals surface area (Å²) in [6.07, 6.45) is 0. The Balaban J connectivity index is 1.92. The SMILES string of the molecule is COc1ccc(NC(=O)CN(C)Cc2ccc(C(C)(C)C)cc2)cc1OC. The molecule has 1 N–H and O–H groups in total. The Morgan fingerprint density at radius 2 is 1.63 bits per heavy atom. The van der Waals surface area contributed by atoms with Crippen LogP contribution in [0.15, 0.2) is 42.5 Å². The second-order valence-electron chi connectivity index (χ2n) is 7.74. The van der Waals surface area contributed by atoms with Crippen LogP contribution in [0.5, 0.6) is 11.5 Å². The van der Waals surface area contributed by atoms with E-state index >= 15 is 0 Å². The summed E-state index contributed by atoms with van der Waals surface area (Å²) in [5, 5.41) is 2.90. The topological polar surface area (TPSA) is 50.8 Å². The molecule has 2 aromatic rings. The molecule has 0 aromatic heterocycles. The first-order valence-corrected chi connectivity index (χ1v) is 9.03. The molecule has 0 bridgehead atoms. The predicted molar refractivity (Wildman–Crippen MR) is 110 cm³/mol. The zero-order chi connectivity index (χ0) is 20.0. The number of nitrogens with one attached hydrogen (secondary N) is 1. The number of ether oxygens (including phenoxy) is 2. The number of benzene rings is 2. The number of carbonyl (C=O) groups is 1. The van der Waals surface area contributed by atoms with Gasteiger partial charge in [-0.1, -0.05) is 45.0 Å². The lowest BCUT2D eigenvalue weighted by molar-refractivity contribution is -0.117. The van der Waals surface area contributed by atoms with Crippen molar-refractivity contribution in [3.05, 3.63) is 53.6 Å². The lowest BCUT2D eigenvalue weighted by atomic mass is 9.87. The Kier molecular flexibility index (Phi) is 6.86. The summed E-state index contributed by atoms with van der Waals surface area (Å²) in [6, 6.07) is 13.9. The summed E-state index contributed by atoms with van der Waals surface area (Å²) >= 11 is 0. The number of hydrogen-bond donors (Lipinski definition) is 1. The van der Waals surface area contributed by atoms with E-state index in [1.807, 2.05) is 11.9 Å². The van der Waals surface area contributed by atoms with Crippen molar-refractivity contribution in [3.63, 3.8) is 0 Å². The molecular formula is C22H30N2O3. The molecule has 0 fully saturated rings. The third kappa shape index (κ3) is 6.00. The molecule has 0 aliphatic carbocycles. The Bertz CT molecular complexity index is 764. The zero-order valence-corrected chi connectivity index (χ0v) is 17.1. The molecule has 0 saturated heterocycles. The van der Waals surface area contributed by atoms with E-state index < -0.39 is 0 Å². The van der Waals surface area contributed by atoms with E-state index in [0.717, 1.165) is 0 Å².